The van der Waals surface area contributed by atoms with E-state index in [4.69, 9.17) is 0 Å². The average Bonchev–Trinajstić information content (AvgIpc) is 2.46. The standard InChI is InChI=1S/C11H16N2/c1-6-12-11-10-4-2-9(3-5-10)8-13(11)7-1/h1,6,9-10H,2-5,7-8H2. The minimum atomic E-state index is 0.781. The molecule has 3 fully saturated rings. The van der Waals surface area contributed by atoms with Crippen molar-refractivity contribution in [1.82, 2.24) is 4.90 Å². The van der Waals surface area contributed by atoms with E-state index in [0.29, 0.717) is 0 Å². The molecular weight excluding hydrogens is 160 g/mol. The summed E-state index contributed by atoms with van der Waals surface area (Å²) in [6.45, 7) is 2.37. The molecular formula is C11H16N2. The van der Waals surface area contributed by atoms with Gasteiger partial charge in [0.05, 0.1) is 0 Å². The van der Waals surface area contributed by atoms with Gasteiger partial charge in [-0.1, -0.05) is 0 Å². The minimum absolute atomic E-state index is 0.781. The van der Waals surface area contributed by atoms with Crippen LogP contribution >= 0.6 is 0 Å². The molecule has 2 nitrogen and oxygen atoms in total. The van der Waals surface area contributed by atoms with Crippen molar-refractivity contribution < 1.29 is 0 Å². The fraction of sp³-hybridized carbons (Fsp3) is 0.727. The van der Waals surface area contributed by atoms with Crippen LogP contribution in [-0.2, 0) is 0 Å². The van der Waals surface area contributed by atoms with Crippen LogP contribution in [0.15, 0.2) is 17.3 Å². The maximum atomic E-state index is 4.55. The second-order valence-electron chi connectivity index (χ2n) is 4.49. The summed E-state index contributed by atoms with van der Waals surface area (Å²) in [5, 5.41) is 0. The topological polar surface area (TPSA) is 15.6 Å². The highest BCUT2D eigenvalue weighted by atomic mass is 15.2. The number of hydrogen-bond donors (Lipinski definition) is 0. The Balaban J connectivity index is 1.95. The monoisotopic (exact) mass is 176 g/mol. The summed E-state index contributed by atoms with van der Waals surface area (Å²) in [6, 6.07) is 0. The molecule has 2 bridgehead atoms. The molecule has 4 aliphatic rings. The quantitative estimate of drug-likeness (QED) is 0.551. The van der Waals surface area contributed by atoms with E-state index in [1.165, 1.54) is 38.1 Å². The smallest absolute Gasteiger partial charge is 0.107 e. The van der Waals surface area contributed by atoms with Crippen LogP contribution in [0.5, 0.6) is 0 Å². The first-order chi connectivity index (χ1) is 6.43. The van der Waals surface area contributed by atoms with Gasteiger partial charge in [-0.05, 0) is 37.7 Å². The molecule has 3 aliphatic heterocycles. The van der Waals surface area contributed by atoms with Gasteiger partial charge >= 0.3 is 0 Å². The predicted molar refractivity (Wildman–Crippen MR) is 53.6 cm³/mol. The highest BCUT2D eigenvalue weighted by Gasteiger charge is 2.33. The summed E-state index contributed by atoms with van der Waals surface area (Å²) in [6.07, 6.45) is 9.79. The summed E-state index contributed by atoms with van der Waals surface area (Å²) in [5.74, 6) is 3.13. The Morgan fingerprint density at radius 1 is 1.23 bits per heavy atom. The fourth-order valence-corrected chi connectivity index (χ4v) is 2.93. The molecule has 0 unspecified atom stereocenters. The second kappa shape index (κ2) is 2.86. The predicted octanol–water partition coefficient (Wildman–Crippen LogP) is 2.03. The van der Waals surface area contributed by atoms with Crippen LogP contribution < -0.4 is 0 Å². The number of amidine groups is 1. The number of hydrogen-bond acceptors (Lipinski definition) is 2. The lowest BCUT2D eigenvalue weighted by Gasteiger charge is -2.27. The number of nitrogens with zero attached hydrogens (tertiary/aromatic N) is 2. The number of fused-ring (bicyclic) bond motifs is 2. The molecule has 1 aliphatic carbocycles. The molecule has 0 radical (unpaired) electrons. The first-order valence-electron chi connectivity index (χ1n) is 5.41. The Kier molecular flexibility index (Phi) is 1.67. The normalized spacial score (nSPS) is 36.9. The van der Waals surface area contributed by atoms with Crippen LogP contribution in [0.3, 0.4) is 0 Å². The van der Waals surface area contributed by atoms with Crippen molar-refractivity contribution in [1.29, 1.82) is 0 Å². The van der Waals surface area contributed by atoms with Crippen molar-refractivity contribution in [2.45, 2.75) is 25.7 Å². The minimum Gasteiger partial charge on any atom is -0.356 e. The zero-order chi connectivity index (χ0) is 8.67. The van der Waals surface area contributed by atoms with Gasteiger partial charge in [0.15, 0.2) is 0 Å². The van der Waals surface area contributed by atoms with Gasteiger partial charge in [0.2, 0.25) is 0 Å². The largest absolute Gasteiger partial charge is 0.356 e. The van der Waals surface area contributed by atoms with E-state index in [2.05, 4.69) is 16.0 Å². The van der Waals surface area contributed by atoms with Gasteiger partial charge < -0.3 is 4.90 Å². The van der Waals surface area contributed by atoms with Crippen molar-refractivity contribution >= 4 is 5.84 Å². The molecule has 4 rings (SSSR count). The Morgan fingerprint density at radius 2 is 2.08 bits per heavy atom. The Morgan fingerprint density at radius 3 is 2.92 bits per heavy atom. The van der Waals surface area contributed by atoms with Gasteiger partial charge in [0.25, 0.3) is 0 Å². The summed E-state index contributed by atoms with van der Waals surface area (Å²) in [7, 11) is 0. The molecule has 0 atom stereocenters. The third-order valence-corrected chi connectivity index (χ3v) is 3.65. The Hall–Kier alpha value is -0.790. The van der Waals surface area contributed by atoms with Crippen LogP contribution in [0.25, 0.3) is 0 Å². The van der Waals surface area contributed by atoms with Crippen LogP contribution in [0.2, 0.25) is 0 Å². The third kappa shape index (κ3) is 1.19. The molecule has 1 saturated carbocycles. The molecule has 0 N–H and O–H groups in total. The van der Waals surface area contributed by atoms with Crippen LogP contribution in [-0.4, -0.2) is 23.8 Å². The van der Waals surface area contributed by atoms with Gasteiger partial charge in [0, 0.05) is 25.2 Å². The fourth-order valence-electron chi connectivity index (χ4n) is 2.93. The summed E-state index contributed by atoms with van der Waals surface area (Å²) >= 11 is 0. The number of aliphatic imine (C=N–C) groups is 1. The van der Waals surface area contributed by atoms with Crippen LogP contribution in [0.4, 0.5) is 0 Å². The summed E-state index contributed by atoms with van der Waals surface area (Å²) < 4.78 is 0. The van der Waals surface area contributed by atoms with E-state index in [1.807, 2.05) is 6.20 Å². The van der Waals surface area contributed by atoms with E-state index < -0.39 is 0 Å². The molecule has 2 saturated heterocycles. The highest BCUT2D eigenvalue weighted by molar-refractivity contribution is 5.86. The lowest BCUT2D eigenvalue weighted by molar-refractivity contribution is 0.315. The molecule has 70 valence electrons. The van der Waals surface area contributed by atoms with Gasteiger partial charge in [0.1, 0.15) is 5.84 Å². The van der Waals surface area contributed by atoms with Crippen LogP contribution in [0, 0.1) is 11.8 Å². The van der Waals surface area contributed by atoms with Crippen molar-refractivity contribution in [3.63, 3.8) is 0 Å². The maximum Gasteiger partial charge on any atom is 0.107 e. The molecule has 0 aromatic heterocycles. The Labute approximate surface area is 79.3 Å². The van der Waals surface area contributed by atoms with Gasteiger partial charge in [-0.15, -0.1) is 0 Å². The average molecular weight is 176 g/mol. The Bertz CT molecular complexity index is 255. The number of rotatable bonds is 0. The van der Waals surface area contributed by atoms with E-state index in [1.54, 1.807) is 0 Å². The van der Waals surface area contributed by atoms with Gasteiger partial charge in [-0.25, -0.2) is 4.99 Å². The van der Waals surface area contributed by atoms with Crippen molar-refractivity contribution in [2.24, 2.45) is 16.8 Å². The SMILES string of the molecule is C1=CN=C2C3CCC(CC3)CN2C1. The van der Waals surface area contributed by atoms with Crippen molar-refractivity contribution in [3.8, 4) is 0 Å². The first-order valence-corrected chi connectivity index (χ1v) is 5.41. The molecule has 0 spiro atoms. The second-order valence-corrected chi connectivity index (χ2v) is 4.49. The van der Waals surface area contributed by atoms with E-state index >= 15 is 0 Å². The van der Waals surface area contributed by atoms with Crippen molar-refractivity contribution in [2.75, 3.05) is 13.1 Å². The van der Waals surface area contributed by atoms with E-state index in [9.17, 15) is 0 Å². The summed E-state index contributed by atoms with van der Waals surface area (Å²) in [4.78, 5) is 7.05. The zero-order valence-corrected chi connectivity index (χ0v) is 7.95. The summed E-state index contributed by atoms with van der Waals surface area (Å²) in [5.41, 5.74) is 0. The van der Waals surface area contributed by atoms with E-state index in [0.717, 1.165) is 18.4 Å². The van der Waals surface area contributed by atoms with Gasteiger partial charge in [-0.3, -0.25) is 0 Å². The zero-order valence-electron chi connectivity index (χ0n) is 7.95. The molecule has 0 amide bonds. The highest BCUT2D eigenvalue weighted by Crippen LogP contribution is 2.35. The van der Waals surface area contributed by atoms with Crippen molar-refractivity contribution in [3.05, 3.63) is 12.3 Å². The molecule has 3 heterocycles. The molecule has 0 aromatic rings. The molecule has 2 heteroatoms. The van der Waals surface area contributed by atoms with Crippen LogP contribution in [0.1, 0.15) is 25.7 Å². The lowest BCUT2D eigenvalue weighted by Crippen LogP contribution is -2.36. The first kappa shape index (κ1) is 7.60. The maximum absolute atomic E-state index is 4.55. The lowest BCUT2D eigenvalue weighted by atomic mass is 9.84. The third-order valence-electron chi connectivity index (χ3n) is 3.65. The van der Waals surface area contributed by atoms with Gasteiger partial charge in [-0.2, -0.15) is 0 Å². The molecule has 0 aromatic carbocycles. The molecule has 13 heavy (non-hydrogen) atoms. The van der Waals surface area contributed by atoms with E-state index in [-0.39, 0.29) is 0 Å².